The predicted molar refractivity (Wildman–Crippen MR) is 121 cm³/mol. The van der Waals surface area contributed by atoms with Crippen LogP contribution in [-0.4, -0.2) is 24.5 Å². The Labute approximate surface area is 191 Å². The summed E-state index contributed by atoms with van der Waals surface area (Å²) in [5.41, 5.74) is 1.88. The Morgan fingerprint density at radius 1 is 0.879 bits per heavy atom. The third-order valence-electron chi connectivity index (χ3n) is 5.91. The van der Waals surface area contributed by atoms with Gasteiger partial charge in [0.1, 0.15) is 17.5 Å². The van der Waals surface area contributed by atoms with Crippen molar-refractivity contribution in [3.63, 3.8) is 0 Å². The third-order valence-corrected chi connectivity index (χ3v) is 5.91. The van der Waals surface area contributed by atoms with Crippen molar-refractivity contribution in [1.82, 2.24) is 0 Å². The summed E-state index contributed by atoms with van der Waals surface area (Å²) in [5.74, 6) is -1.23. The van der Waals surface area contributed by atoms with Crippen molar-refractivity contribution in [2.45, 2.75) is 25.5 Å². The van der Waals surface area contributed by atoms with E-state index in [1.165, 1.54) is 17.0 Å². The number of benzene rings is 3. The topological polar surface area (TPSA) is 59.1 Å². The Morgan fingerprint density at radius 3 is 2.24 bits per heavy atom. The number of imide groups is 1. The third kappa shape index (κ3) is 3.74. The molecule has 0 aliphatic carbocycles. The number of ether oxygens (including phenoxy) is 1. The number of hydrogen-bond donors (Lipinski definition) is 0. The van der Waals surface area contributed by atoms with E-state index in [4.69, 9.17) is 9.57 Å². The lowest BCUT2D eigenvalue weighted by molar-refractivity contribution is -0.126. The fourth-order valence-corrected chi connectivity index (χ4v) is 4.38. The van der Waals surface area contributed by atoms with Crippen LogP contribution in [0.25, 0.3) is 0 Å². The molecule has 2 aliphatic heterocycles. The molecule has 0 N–H and O–H groups in total. The number of hydroxylamine groups is 1. The van der Waals surface area contributed by atoms with E-state index in [-0.39, 0.29) is 11.7 Å². The lowest BCUT2D eigenvalue weighted by Crippen LogP contribution is -2.37. The highest BCUT2D eigenvalue weighted by molar-refractivity contribution is 6.23. The number of anilines is 2. The fourth-order valence-electron chi connectivity index (χ4n) is 4.38. The van der Waals surface area contributed by atoms with Crippen LogP contribution in [0.4, 0.5) is 15.8 Å². The normalized spacial score (nSPS) is 22.1. The second-order valence-corrected chi connectivity index (χ2v) is 8.06. The largest absolute Gasteiger partial charge is 0.494 e. The lowest BCUT2D eigenvalue weighted by atomic mass is 9.90. The molecule has 0 saturated carbocycles. The van der Waals surface area contributed by atoms with E-state index in [2.05, 4.69) is 0 Å². The summed E-state index contributed by atoms with van der Waals surface area (Å²) in [6, 6.07) is 21.5. The molecule has 6 nitrogen and oxygen atoms in total. The van der Waals surface area contributed by atoms with Crippen molar-refractivity contribution in [3.05, 3.63) is 90.2 Å². The molecule has 0 radical (unpaired) electrons. The van der Waals surface area contributed by atoms with E-state index in [1.807, 2.05) is 37.3 Å². The van der Waals surface area contributed by atoms with Crippen LogP contribution in [0.3, 0.4) is 0 Å². The van der Waals surface area contributed by atoms with Crippen LogP contribution >= 0.6 is 0 Å². The quantitative estimate of drug-likeness (QED) is 0.515. The Bertz CT molecular complexity index is 1150. The van der Waals surface area contributed by atoms with Crippen molar-refractivity contribution in [2.75, 3.05) is 16.6 Å². The molecule has 2 saturated heterocycles. The van der Waals surface area contributed by atoms with E-state index in [0.29, 0.717) is 29.3 Å². The van der Waals surface area contributed by atoms with Crippen LogP contribution < -0.4 is 14.7 Å². The SMILES string of the molecule is CCCOc1ccc(N2C(=O)[C@H]3[C@@H](ON(c4ccccc4)[C@H]3c3ccc(F)cc3)C2=O)cc1. The number of nitrogens with zero attached hydrogens (tertiary/aromatic N) is 2. The van der Waals surface area contributed by atoms with Crippen LogP contribution in [0.2, 0.25) is 0 Å². The number of carbonyl (C=O) groups is 2. The average Bonchev–Trinajstić information content (AvgIpc) is 3.35. The molecule has 0 unspecified atom stereocenters. The number of fused-ring (bicyclic) bond motifs is 1. The Morgan fingerprint density at radius 2 is 1.58 bits per heavy atom. The Balaban J connectivity index is 1.49. The minimum absolute atomic E-state index is 0.347. The minimum atomic E-state index is -0.969. The van der Waals surface area contributed by atoms with Crippen LogP contribution in [0.5, 0.6) is 5.75 Å². The second kappa shape index (κ2) is 8.67. The molecule has 2 heterocycles. The highest BCUT2D eigenvalue weighted by atomic mass is 19.1. The standard InChI is InChI=1S/C26H23FN2O4/c1-2-16-32-21-14-12-19(13-15-21)28-25(30)22-23(17-8-10-18(27)11-9-17)29(33-24(22)26(28)31)20-6-4-3-5-7-20/h3-15,22-24H,2,16H2,1H3/t22-,23+,24-/m1/s1. The van der Waals surface area contributed by atoms with Gasteiger partial charge in [-0.2, -0.15) is 0 Å². The van der Waals surface area contributed by atoms with E-state index in [1.54, 1.807) is 41.5 Å². The van der Waals surface area contributed by atoms with Crippen molar-refractivity contribution >= 4 is 23.2 Å². The van der Waals surface area contributed by atoms with Gasteiger partial charge in [-0.25, -0.2) is 14.4 Å². The summed E-state index contributed by atoms with van der Waals surface area (Å²) in [7, 11) is 0. The monoisotopic (exact) mass is 446 g/mol. The minimum Gasteiger partial charge on any atom is -0.494 e. The van der Waals surface area contributed by atoms with Crippen LogP contribution in [0.1, 0.15) is 24.9 Å². The first-order valence-corrected chi connectivity index (χ1v) is 11.0. The number of para-hydroxylation sites is 1. The van der Waals surface area contributed by atoms with E-state index in [9.17, 15) is 14.0 Å². The molecule has 2 aliphatic rings. The highest BCUT2D eigenvalue weighted by Gasteiger charge is 2.60. The molecule has 2 fully saturated rings. The fraction of sp³-hybridized carbons (Fsp3) is 0.231. The van der Waals surface area contributed by atoms with Gasteiger partial charge in [-0.05, 0) is 60.5 Å². The van der Waals surface area contributed by atoms with E-state index in [0.717, 1.165) is 6.42 Å². The van der Waals surface area contributed by atoms with Gasteiger partial charge < -0.3 is 4.74 Å². The van der Waals surface area contributed by atoms with Gasteiger partial charge in [-0.3, -0.25) is 14.4 Å². The number of hydrogen-bond acceptors (Lipinski definition) is 5. The molecule has 168 valence electrons. The van der Waals surface area contributed by atoms with Crippen molar-refractivity contribution in [2.24, 2.45) is 5.92 Å². The van der Waals surface area contributed by atoms with E-state index >= 15 is 0 Å². The van der Waals surface area contributed by atoms with Crippen LogP contribution in [0, 0.1) is 11.7 Å². The number of halogens is 1. The smallest absolute Gasteiger partial charge is 0.266 e. The first-order chi connectivity index (χ1) is 16.1. The van der Waals surface area contributed by atoms with Crippen LogP contribution in [-0.2, 0) is 14.4 Å². The molecular formula is C26H23FN2O4. The maximum absolute atomic E-state index is 13.6. The van der Waals surface area contributed by atoms with Gasteiger partial charge in [-0.1, -0.05) is 37.3 Å². The van der Waals surface area contributed by atoms with Gasteiger partial charge in [0.25, 0.3) is 5.91 Å². The molecule has 3 atom stereocenters. The van der Waals surface area contributed by atoms with Gasteiger partial charge in [-0.15, -0.1) is 0 Å². The molecule has 3 aromatic rings. The van der Waals surface area contributed by atoms with E-state index < -0.39 is 24.0 Å². The summed E-state index contributed by atoms with van der Waals surface area (Å²) in [5, 5.41) is 1.59. The first kappa shape index (κ1) is 21.2. The number of amides is 2. The average molecular weight is 446 g/mol. The Kier molecular flexibility index (Phi) is 5.56. The van der Waals surface area contributed by atoms with Crippen molar-refractivity contribution in [3.8, 4) is 5.75 Å². The zero-order chi connectivity index (χ0) is 22.9. The van der Waals surface area contributed by atoms with Gasteiger partial charge in [0.2, 0.25) is 5.91 Å². The molecule has 33 heavy (non-hydrogen) atoms. The molecular weight excluding hydrogens is 423 g/mol. The lowest BCUT2D eigenvalue weighted by Gasteiger charge is -2.28. The summed E-state index contributed by atoms with van der Waals surface area (Å²) in [4.78, 5) is 34.2. The molecule has 0 bridgehead atoms. The molecule has 2 amide bonds. The number of rotatable bonds is 6. The van der Waals surface area contributed by atoms with Gasteiger partial charge in [0.05, 0.1) is 24.0 Å². The first-order valence-electron chi connectivity index (χ1n) is 11.0. The van der Waals surface area contributed by atoms with Gasteiger partial charge in [0.15, 0.2) is 6.10 Å². The van der Waals surface area contributed by atoms with Crippen LogP contribution in [0.15, 0.2) is 78.9 Å². The molecule has 7 heteroatoms. The zero-order valence-corrected chi connectivity index (χ0v) is 18.1. The maximum Gasteiger partial charge on any atom is 0.266 e. The summed E-state index contributed by atoms with van der Waals surface area (Å²) in [6.45, 7) is 2.61. The number of carbonyl (C=O) groups excluding carboxylic acids is 2. The summed E-state index contributed by atoms with van der Waals surface area (Å²) < 4.78 is 19.2. The van der Waals surface area contributed by atoms with Gasteiger partial charge in [0, 0.05) is 0 Å². The second-order valence-electron chi connectivity index (χ2n) is 8.06. The molecule has 5 rings (SSSR count). The van der Waals surface area contributed by atoms with Crippen molar-refractivity contribution < 1.29 is 23.6 Å². The summed E-state index contributed by atoms with van der Waals surface area (Å²) >= 11 is 0. The summed E-state index contributed by atoms with van der Waals surface area (Å²) in [6.07, 6.45) is -0.0856. The Hall–Kier alpha value is -3.71. The maximum atomic E-state index is 13.6. The van der Waals surface area contributed by atoms with Gasteiger partial charge >= 0.3 is 0 Å². The molecule has 0 spiro atoms. The molecule has 0 aromatic heterocycles. The highest BCUT2D eigenvalue weighted by Crippen LogP contribution is 2.47. The van der Waals surface area contributed by atoms with Crippen molar-refractivity contribution in [1.29, 1.82) is 0 Å². The molecule has 3 aromatic carbocycles. The zero-order valence-electron chi connectivity index (χ0n) is 18.1. The predicted octanol–water partition coefficient (Wildman–Crippen LogP) is 4.67.